The summed E-state index contributed by atoms with van der Waals surface area (Å²) in [5.41, 5.74) is 2.62. The number of rotatable bonds is 6. The van der Waals surface area contributed by atoms with Crippen LogP contribution in [0.25, 0.3) is 0 Å². The van der Waals surface area contributed by atoms with E-state index in [4.69, 9.17) is 6.42 Å². The lowest BCUT2D eigenvalue weighted by Gasteiger charge is -2.19. The van der Waals surface area contributed by atoms with Gasteiger partial charge < -0.3 is 10.6 Å². The molecular weight excluding hydrogens is 354 g/mol. The average molecular weight is 381 g/mol. The van der Waals surface area contributed by atoms with Crippen molar-refractivity contribution in [3.63, 3.8) is 0 Å². The van der Waals surface area contributed by atoms with Crippen molar-refractivity contribution >= 4 is 17.5 Å². The SMILES string of the molecule is C#CC(C)(C)NC(=O)c1cc(NC(=O)Cc2c(C)nn(C(C)C)c2C)ccn1. The van der Waals surface area contributed by atoms with Crippen LogP contribution in [0.5, 0.6) is 0 Å². The number of nitrogens with one attached hydrogen (secondary N) is 2. The average Bonchev–Trinajstić information content (AvgIpc) is 2.90. The molecule has 0 aromatic carbocycles. The summed E-state index contributed by atoms with van der Waals surface area (Å²) < 4.78 is 1.92. The van der Waals surface area contributed by atoms with Gasteiger partial charge in [-0.3, -0.25) is 19.3 Å². The molecular formula is C21H27N5O2. The maximum absolute atomic E-state index is 12.5. The fourth-order valence-electron chi connectivity index (χ4n) is 2.84. The van der Waals surface area contributed by atoms with E-state index in [1.54, 1.807) is 19.9 Å². The van der Waals surface area contributed by atoms with Crippen LogP contribution in [0.1, 0.15) is 61.2 Å². The molecule has 0 aliphatic heterocycles. The summed E-state index contributed by atoms with van der Waals surface area (Å²) in [6.45, 7) is 11.4. The van der Waals surface area contributed by atoms with Crippen molar-refractivity contribution in [2.45, 2.75) is 59.5 Å². The molecule has 2 amide bonds. The molecule has 2 rings (SSSR count). The Morgan fingerprint density at radius 2 is 2.00 bits per heavy atom. The first-order valence-electron chi connectivity index (χ1n) is 9.15. The summed E-state index contributed by atoms with van der Waals surface area (Å²) in [5, 5.41) is 10.0. The van der Waals surface area contributed by atoms with Crippen LogP contribution in [0.2, 0.25) is 0 Å². The molecule has 0 spiro atoms. The van der Waals surface area contributed by atoms with E-state index in [9.17, 15) is 9.59 Å². The minimum absolute atomic E-state index is 0.182. The van der Waals surface area contributed by atoms with Crippen LogP contribution < -0.4 is 10.6 Å². The van der Waals surface area contributed by atoms with Crippen LogP contribution in [-0.4, -0.2) is 32.1 Å². The zero-order valence-corrected chi connectivity index (χ0v) is 17.3. The first-order chi connectivity index (χ1) is 13.0. The smallest absolute Gasteiger partial charge is 0.271 e. The zero-order valence-electron chi connectivity index (χ0n) is 17.3. The third-order valence-electron chi connectivity index (χ3n) is 4.36. The highest BCUT2D eigenvalue weighted by Gasteiger charge is 2.20. The summed E-state index contributed by atoms with van der Waals surface area (Å²) in [6.07, 6.45) is 7.08. The number of terminal acetylenes is 1. The topological polar surface area (TPSA) is 88.9 Å². The molecule has 0 saturated carbocycles. The molecule has 0 bridgehead atoms. The molecule has 7 nitrogen and oxygen atoms in total. The lowest BCUT2D eigenvalue weighted by Crippen LogP contribution is -2.42. The molecule has 0 saturated heterocycles. The Kier molecular flexibility index (Phi) is 6.24. The monoisotopic (exact) mass is 381 g/mol. The molecule has 2 heterocycles. The van der Waals surface area contributed by atoms with Crippen molar-refractivity contribution in [2.75, 3.05) is 5.32 Å². The van der Waals surface area contributed by atoms with Crippen LogP contribution in [0, 0.1) is 26.2 Å². The van der Waals surface area contributed by atoms with Crippen molar-refractivity contribution in [2.24, 2.45) is 0 Å². The van der Waals surface area contributed by atoms with Crippen LogP contribution in [-0.2, 0) is 11.2 Å². The Labute approximate surface area is 165 Å². The Morgan fingerprint density at radius 3 is 2.57 bits per heavy atom. The van der Waals surface area contributed by atoms with Crippen LogP contribution in [0.4, 0.5) is 5.69 Å². The Morgan fingerprint density at radius 1 is 1.32 bits per heavy atom. The first-order valence-corrected chi connectivity index (χ1v) is 9.15. The quantitative estimate of drug-likeness (QED) is 0.753. The molecule has 0 atom stereocenters. The van der Waals surface area contributed by atoms with E-state index in [0.29, 0.717) is 5.69 Å². The molecule has 2 N–H and O–H groups in total. The van der Waals surface area contributed by atoms with Crippen molar-refractivity contribution in [1.29, 1.82) is 0 Å². The number of pyridine rings is 1. The van der Waals surface area contributed by atoms with Gasteiger partial charge in [-0.15, -0.1) is 6.42 Å². The highest BCUT2D eigenvalue weighted by molar-refractivity contribution is 5.96. The first kappa shape index (κ1) is 21.2. The second-order valence-electron chi connectivity index (χ2n) is 7.57. The standard InChI is InChI=1S/C21H27N5O2/c1-8-21(6,7)24-20(28)18-11-16(9-10-22-18)23-19(27)12-17-14(4)25-26(13(2)3)15(17)5/h1,9-11,13H,12H2,2-7H3,(H,24,28)(H,22,23,27). The van der Waals surface area contributed by atoms with E-state index in [0.717, 1.165) is 17.0 Å². The van der Waals surface area contributed by atoms with Gasteiger partial charge in [0.2, 0.25) is 5.91 Å². The van der Waals surface area contributed by atoms with Gasteiger partial charge in [0.1, 0.15) is 5.69 Å². The van der Waals surface area contributed by atoms with Crippen LogP contribution in [0.3, 0.4) is 0 Å². The highest BCUT2D eigenvalue weighted by Crippen LogP contribution is 2.18. The number of hydrogen-bond donors (Lipinski definition) is 2. The summed E-state index contributed by atoms with van der Waals surface area (Å²) >= 11 is 0. The van der Waals surface area contributed by atoms with Gasteiger partial charge in [-0.05, 0) is 53.7 Å². The molecule has 0 radical (unpaired) electrons. The zero-order chi connectivity index (χ0) is 21.1. The van der Waals surface area contributed by atoms with Gasteiger partial charge in [-0.25, -0.2) is 0 Å². The molecule has 2 aromatic rings. The molecule has 0 fully saturated rings. The Bertz CT molecular complexity index is 935. The van der Waals surface area contributed by atoms with Crippen LogP contribution >= 0.6 is 0 Å². The lowest BCUT2D eigenvalue weighted by atomic mass is 10.1. The predicted molar refractivity (Wildman–Crippen MR) is 109 cm³/mol. The molecule has 0 aliphatic carbocycles. The van der Waals surface area contributed by atoms with Gasteiger partial charge >= 0.3 is 0 Å². The number of carbonyl (C=O) groups excluding carboxylic acids is 2. The van der Waals surface area contributed by atoms with Crippen molar-refractivity contribution in [3.8, 4) is 12.3 Å². The minimum atomic E-state index is -0.788. The fraction of sp³-hybridized carbons (Fsp3) is 0.429. The molecule has 148 valence electrons. The maximum atomic E-state index is 12.5. The van der Waals surface area contributed by atoms with E-state index < -0.39 is 11.4 Å². The van der Waals surface area contributed by atoms with E-state index in [2.05, 4.69) is 26.6 Å². The number of aromatic nitrogens is 3. The van der Waals surface area contributed by atoms with Gasteiger partial charge in [-0.1, -0.05) is 5.92 Å². The van der Waals surface area contributed by atoms with Gasteiger partial charge in [0, 0.05) is 29.2 Å². The summed E-state index contributed by atoms with van der Waals surface area (Å²) in [6, 6.07) is 3.39. The molecule has 28 heavy (non-hydrogen) atoms. The number of nitrogens with zero attached hydrogens (tertiary/aromatic N) is 3. The number of amides is 2. The largest absolute Gasteiger partial charge is 0.335 e. The van der Waals surface area contributed by atoms with Crippen LogP contribution in [0.15, 0.2) is 18.3 Å². The fourth-order valence-corrected chi connectivity index (χ4v) is 2.84. The van der Waals surface area contributed by atoms with Gasteiger partial charge in [0.25, 0.3) is 5.91 Å². The minimum Gasteiger partial charge on any atom is -0.335 e. The third-order valence-corrected chi connectivity index (χ3v) is 4.36. The molecule has 7 heteroatoms. The summed E-state index contributed by atoms with van der Waals surface area (Å²) in [7, 11) is 0. The van der Waals surface area contributed by atoms with Crippen molar-refractivity contribution < 1.29 is 9.59 Å². The lowest BCUT2D eigenvalue weighted by molar-refractivity contribution is -0.115. The number of aryl methyl sites for hydroxylation is 1. The second-order valence-corrected chi connectivity index (χ2v) is 7.57. The Balaban J connectivity index is 2.12. The number of anilines is 1. The van der Waals surface area contributed by atoms with Crippen molar-refractivity contribution in [1.82, 2.24) is 20.1 Å². The van der Waals surface area contributed by atoms with E-state index in [1.807, 2.05) is 32.4 Å². The van der Waals surface area contributed by atoms with E-state index >= 15 is 0 Å². The second kappa shape index (κ2) is 8.26. The normalized spacial score (nSPS) is 11.2. The molecule has 0 unspecified atom stereocenters. The summed E-state index contributed by atoms with van der Waals surface area (Å²) in [5.74, 6) is 1.92. The van der Waals surface area contributed by atoms with E-state index in [-0.39, 0.29) is 24.1 Å². The van der Waals surface area contributed by atoms with Gasteiger partial charge in [0.05, 0.1) is 17.7 Å². The maximum Gasteiger partial charge on any atom is 0.271 e. The third kappa shape index (κ3) is 4.97. The predicted octanol–water partition coefficient (Wildman–Crippen LogP) is 2.80. The molecule has 2 aromatic heterocycles. The highest BCUT2D eigenvalue weighted by atomic mass is 16.2. The number of carbonyl (C=O) groups is 2. The van der Waals surface area contributed by atoms with Crippen molar-refractivity contribution in [3.05, 3.63) is 41.0 Å². The van der Waals surface area contributed by atoms with E-state index in [1.165, 1.54) is 12.3 Å². The Hall–Kier alpha value is -3.14. The number of hydrogen-bond acceptors (Lipinski definition) is 4. The summed E-state index contributed by atoms with van der Waals surface area (Å²) in [4.78, 5) is 28.9. The van der Waals surface area contributed by atoms with Gasteiger partial charge in [0.15, 0.2) is 0 Å². The van der Waals surface area contributed by atoms with Gasteiger partial charge in [-0.2, -0.15) is 5.10 Å². The molecule has 0 aliphatic rings.